The van der Waals surface area contributed by atoms with Gasteiger partial charge in [-0.05, 0) is 43.6 Å². The van der Waals surface area contributed by atoms with E-state index >= 15 is 0 Å². The van der Waals surface area contributed by atoms with Gasteiger partial charge in [0.05, 0.1) is 0 Å². The van der Waals surface area contributed by atoms with E-state index in [-0.39, 0.29) is 49.9 Å². The van der Waals surface area contributed by atoms with Crippen LogP contribution < -0.4 is 38.9 Å². The molecule has 4 atom stereocenters. The molecule has 0 bridgehead atoms. The molecule has 276 valence electrons. The Labute approximate surface area is 291 Å². The van der Waals surface area contributed by atoms with Gasteiger partial charge in [0.1, 0.15) is 29.9 Å². The van der Waals surface area contributed by atoms with E-state index in [0.29, 0.717) is 17.5 Å². The highest BCUT2D eigenvalue weighted by Gasteiger charge is 2.34. The van der Waals surface area contributed by atoms with Crippen LogP contribution in [0, 0.1) is 17.2 Å². The first-order chi connectivity index (χ1) is 23.6. The van der Waals surface area contributed by atoms with Crippen molar-refractivity contribution in [3.8, 4) is 0 Å². The molecule has 0 saturated heterocycles. The summed E-state index contributed by atoms with van der Waals surface area (Å²) in [6, 6.07) is 2.74. The van der Waals surface area contributed by atoms with Crippen molar-refractivity contribution in [2.45, 2.75) is 88.8 Å². The number of hydrogen-bond acceptors (Lipinski definition) is 8. The molecule has 1 aromatic rings. The van der Waals surface area contributed by atoms with Gasteiger partial charge in [0, 0.05) is 32.6 Å². The van der Waals surface area contributed by atoms with Gasteiger partial charge in [0.15, 0.2) is 5.96 Å². The summed E-state index contributed by atoms with van der Waals surface area (Å²) in [4.78, 5) is 83.0. The number of nitrogen functional groups attached to an aromatic ring is 1. The topological polar surface area (TPSA) is 302 Å². The van der Waals surface area contributed by atoms with Gasteiger partial charge >= 0.3 is 5.97 Å². The number of nitrogens with one attached hydrogen (secondary N) is 4. The zero-order valence-electron chi connectivity index (χ0n) is 28.8. The van der Waals surface area contributed by atoms with Crippen LogP contribution in [-0.2, 0) is 35.2 Å². The van der Waals surface area contributed by atoms with E-state index in [9.17, 15) is 33.9 Å². The van der Waals surface area contributed by atoms with Crippen molar-refractivity contribution in [3.05, 3.63) is 35.4 Å². The predicted octanol–water partition coefficient (Wildman–Crippen LogP) is -0.954. The average molecular weight is 701 g/mol. The third-order valence-corrected chi connectivity index (χ3v) is 8.57. The van der Waals surface area contributed by atoms with E-state index < -0.39 is 66.0 Å². The molecular weight excluding hydrogens is 648 g/mol. The van der Waals surface area contributed by atoms with E-state index in [0.717, 1.165) is 32.1 Å². The minimum atomic E-state index is -1.45. The Morgan fingerprint density at radius 2 is 1.42 bits per heavy atom. The summed E-state index contributed by atoms with van der Waals surface area (Å²) in [5.41, 5.74) is 23.0. The molecule has 1 aliphatic carbocycles. The standard InChI is InChI=1S/C33H52N10O7/c1-43(2)32(50)22(17-20-10-12-21(13-11-20)27(34)35)29(47)40-24(14-15-26(44)45)31(49)41-23(9-6-16-39-33(37)38)30(48)42-25(28(36)46)18-19-7-4-3-5-8-19/h10-13,19,22-25H,3-9,14-18H2,1-2H3,(H3,34,35)(H2,36,46)(H,40,47)(H,41,49)(H,42,48)(H,44,45)(H4,37,38,39)/t22?,23-,24-,25-/m0/s1. The fourth-order valence-corrected chi connectivity index (χ4v) is 5.79. The lowest BCUT2D eigenvalue weighted by Gasteiger charge is -2.28. The van der Waals surface area contributed by atoms with Crippen molar-refractivity contribution in [3.63, 3.8) is 0 Å². The molecule has 17 heteroatoms. The lowest BCUT2D eigenvalue weighted by atomic mass is 9.84. The van der Waals surface area contributed by atoms with Crippen LogP contribution in [0.15, 0.2) is 29.3 Å². The summed E-state index contributed by atoms with van der Waals surface area (Å²) in [6.07, 6.45) is 4.65. The number of aliphatic imine (C=N–C) groups is 1. The zero-order valence-corrected chi connectivity index (χ0v) is 28.8. The van der Waals surface area contributed by atoms with Crippen molar-refractivity contribution in [1.82, 2.24) is 20.9 Å². The summed E-state index contributed by atoms with van der Waals surface area (Å²) < 4.78 is 0. The summed E-state index contributed by atoms with van der Waals surface area (Å²) in [5.74, 6) is -6.32. The highest BCUT2D eigenvalue weighted by Crippen LogP contribution is 2.27. The molecule has 1 unspecified atom stereocenters. The number of benzene rings is 1. The summed E-state index contributed by atoms with van der Waals surface area (Å²) in [7, 11) is 2.93. The number of carboxylic acid groups (broad SMARTS) is 1. The SMILES string of the molecule is CN(C)C(=O)C(Cc1ccc(C(=N)N)cc1)C(=O)N[C@@H](CCC(=O)O)C(=O)N[C@@H](CCCN=C(N)N)C(=O)N[C@@H](CC1CCCCC1)C(N)=O. The highest BCUT2D eigenvalue weighted by atomic mass is 16.4. The molecule has 0 aromatic heterocycles. The highest BCUT2D eigenvalue weighted by molar-refractivity contribution is 6.02. The smallest absolute Gasteiger partial charge is 0.303 e. The first-order valence-electron chi connectivity index (χ1n) is 16.7. The van der Waals surface area contributed by atoms with Crippen LogP contribution in [-0.4, -0.2) is 96.1 Å². The first-order valence-corrected chi connectivity index (χ1v) is 16.7. The third-order valence-electron chi connectivity index (χ3n) is 8.57. The van der Waals surface area contributed by atoms with Crippen LogP contribution in [0.25, 0.3) is 0 Å². The van der Waals surface area contributed by atoms with Gasteiger partial charge in [-0.3, -0.25) is 39.2 Å². The minimum absolute atomic E-state index is 0.0286. The molecule has 1 fully saturated rings. The lowest BCUT2D eigenvalue weighted by molar-refractivity contribution is -0.143. The maximum atomic E-state index is 13.7. The number of hydrogen-bond donors (Lipinski definition) is 9. The maximum absolute atomic E-state index is 13.7. The Kier molecular flexibility index (Phi) is 16.7. The minimum Gasteiger partial charge on any atom is -0.481 e. The second-order valence-corrected chi connectivity index (χ2v) is 12.8. The zero-order chi connectivity index (χ0) is 37.4. The normalized spacial score (nSPS) is 15.3. The number of nitrogens with zero attached hydrogens (tertiary/aromatic N) is 2. The maximum Gasteiger partial charge on any atom is 0.303 e. The van der Waals surface area contributed by atoms with Gasteiger partial charge < -0.3 is 48.9 Å². The Hall–Kier alpha value is -5.22. The molecule has 17 nitrogen and oxygen atoms in total. The number of rotatable bonds is 20. The van der Waals surface area contributed by atoms with Gasteiger partial charge in [0.25, 0.3) is 0 Å². The number of amides is 5. The van der Waals surface area contributed by atoms with E-state index in [1.807, 2.05) is 0 Å². The first kappa shape index (κ1) is 41.0. The Morgan fingerprint density at radius 3 is 1.94 bits per heavy atom. The number of aliphatic carboxylic acids is 1. The largest absolute Gasteiger partial charge is 0.481 e. The van der Waals surface area contributed by atoms with Crippen molar-refractivity contribution >= 4 is 47.3 Å². The van der Waals surface area contributed by atoms with Gasteiger partial charge in [-0.25, -0.2) is 0 Å². The van der Waals surface area contributed by atoms with Crippen LogP contribution in [0.4, 0.5) is 0 Å². The molecule has 0 spiro atoms. The van der Waals surface area contributed by atoms with Crippen molar-refractivity contribution < 1.29 is 33.9 Å². The van der Waals surface area contributed by atoms with E-state index in [2.05, 4.69) is 20.9 Å². The van der Waals surface area contributed by atoms with Crippen molar-refractivity contribution in [1.29, 1.82) is 5.41 Å². The van der Waals surface area contributed by atoms with E-state index in [1.54, 1.807) is 24.3 Å². The number of amidine groups is 1. The summed E-state index contributed by atoms with van der Waals surface area (Å²) in [5, 5.41) is 24.7. The van der Waals surface area contributed by atoms with Crippen molar-refractivity contribution in [2.24, 2.45) is 39.8 Å². The second-order valence-electron chi connectivity index (χ2n) is 12.8. The number of nitrogens with two attached hydrogens (primary N) is 4. The number of primary amides is 1. The fourth-order valence-electron chi connectivity index (χ4n) is 5.79. The molecule has 1 saturated carbocycles. The van der Waals surface area contributed by atoms with Gasteiger partial charge in [-0.1, -0.05) is 56.4 Å². The fraction of sp³-hybridized carbons (Fsp3) is 0.576. The molecule has 2 rings (SSSR count). The lowest BCUT2D eigenvalue weighted by Crippen LogP contribution is -2.57. The monoisotopic (exact) mass is 700 g/mol. The number of carbonyl (C=O) groups excluding carboxylic acids is 5. The molecule has 5 amide bonds. The molecule has 1 aliphatic rings. The Balaban J connectivity index is 2.31. The van der Waals surface area contributed by atoms with Gasteiger partial charge in [-0.15, -0.1) is 0 Å². The quantitative estimate of drug-likeness (QED) is 0.0347. The van der Waals surface area contributed by atoms with E-state index in [1.165, 1.54) is 19.0 Å². The van der Waals surface area contributed by atoms with Crippen LogP contribution in [0.3, 0.4) is 0 Å². The molecular formula is C33H52N10O7. The summed E-state index contributed by atoms with van der Waals surface area (Å²) >= 11 is 0. The van der Waals surface area contributed by atoms with Gasteiger partial charge in [-0.2, -0.15) is 0 Å². The third kappa shape index (κ3) is 14.1. The van der Waals surface area contributed by atoms with Crippen LogP contribution in [0.5, 0.6) is 0 Å². The summed E-state index contributed by atoms with van der Waals surface area (Å²) in [6.45, 7) is 0.129. The van der Waals surface area contributed by atoms with Gasteiger partial charge in [0.2, 0.25) is 29.5 Å². The molecule has 0 radical (unpaired) electrons. The molecule has 50 heavy (non-hydrogen) atoms. The predicted molar refractivity (Wildman–Crippen MR) is 186 cm³/mol. The van der Waals surface area contributed by atoms with Crippen LogP contribution in [0.1, 0.15) is 75.3 Å². The number of carbonyl (C=O) groups is 6. The number of carboxylic acids is 1. The molecule has 1 aromatic carbocycles. The van der Waals surface area contributed by atoms with Crippen molar-refractivity contribution in [2.75, 3.05) is 20.6 Å². The van der Waals surface area contributed by atoms with Crippen LogP contribution >= 0.6 is 0 Å². The molecule has 0 aliphatic heterocycles. The second kappa shape index (κ2) is 20.3. The Morgan fingerprint density at radius 1 is 0.860 bits per heavy atom. The average Bonchev–Trinajstić information content (AvgIpc) is 3.06. The molecule has 0 heterocycles. The Bertz CT molecular complexity index is 1390. The van der Waals surface area contributed by atoms with Crippen LogP contribution in [0.2, 0.25) is 0 Å². The van der Waals surface area contributed by atoms with E-state index in [4.69, 9.17) is 28.3 Å². The number of guanidine groups is 1. The molecule has 13 N–H and O–H groups in total.